The number of hydrogen-bond acceptors (Lipinski definition) is 8. The molecule has 0 spiro atoms. The number of benzene rings is 2. The number of ether oxygens (including phenoxy) is 2. The molecule has 0 radical (unpaired) electrons. The maximum atomic E-state index is 17.4. The molecule has 54 heavy (non-hydrogen) atoms. The first-order valence-electron chi connectivity index (χ1n) is 19.2. The van der Waals surface area contributed by atoms with Crippen LogP contribution in [0.5, 0.6) is 5.88 Å². The van der Waals surface area contributed by atoms with Gasteiger partial charge in [0, 0.05) is 23.9 Å². The monoisotopic (exact) mass is 771 g/mol. The van der Waals surface area contributed by atoms with Gasteiger partial charge < -0.3 is 14.4 Å². The molecule has 7 rings (SSSR count). The van der Waals surface area contributed by atoms with Crippen molar-refractivity contribution in [2.75, 3.05) is 24.3 Å². The van der Waals surface area contributed by atoms with Gasteiger partial charge in [0.15, 0.2) is 11.0 Å². The van der Waals surface area contributed by atoms with E-state index in [1.54, 1.807) is 12.1 Å². The van der Waals surface area contributed by atoms with Crippen LogP contribution in [0.2, 0.25) is 16.6 Å². The van der Waals surface area contributed by atoms with Gasteiger partial charge >= 0.3 is 6.09 Å². The Balaban J connectivity index is 1.41. The van der Waals surface area contributed by atoms with Gasteiger partial charge in [-0.05, 0) is 67.9 Å². The first-order chi connectivity index (χ1) is 25.6. The fourth-order valence-electron chi connectivity index (χ4n) is 9.47. The minimum absolute atomic E-state index is 0.0282. The Hall–Kier alpha value is -3.95. The van der Waals surface area contributed by atoms with E-state index in [0.717, 1.165) is 18.2 Å². The first kappa shape index (κ1) is 38.3. The van der Waals surface area contributed by atoms with Crippen molar-refractivity contribution in [2.24, 2.45) is 0 Å². The van der Waals surface area contributed by atoms with Gasteiger partial charge in [-0.1, -0.05) is 83.5 Å². The normalized spacial score (nSPS) is 19.9. The van der Waals surface area contributed by atoms with Gasteiger partial charge in [-0.2, -0.15) is 0 Å². The van der Waals surface area contributed by atoms with Crippen molar-refractivity contribution in [1.82, 2.24) is 19.9 Å². The van der Waals surface area contributed by atoms with Crippen LogP contribution < -0.4 is 9.64 Å². The number of hydrogen-bond donors (Lipinski definition) is 0. The molecule has 0 aliphatic carbocycles. The molecular formula is C42H51F2N5O3SSi. The van der Waals surface area contributed by atoms with E-state index in [0.29, 0.717) is 56.9 Å². The number of halogens is 2. The fourth-order valence-corrected chi connectivity index (χ4v) is 15.0. The maximum Gasteiger partial charge on any atom is 0.410 e. The molecule has 1 amide bonds. The lowest BCUT2D eigenvalue weighted by Crippen LogP contribution is -2.62. The van der Waals surface area contributed by atoms with E-state index in [1.807, 2.05) is 44.1 Å². The fraction of sp³-hybridized carbons (Fsp3) is 0.524. The van der Waals surface area contributed by atoms with Crippen LogP contribution >= 0.6 is 11.8 Å². The van der Waals surface area contributed by atoms with Crippen LogP contribution in [0, 0.1) is 23.1 Å². The number of thioether (sulfide) groups is 1. The van der Waals surface area contributed by atoms with Crippen molar-refractivity contribution in [3.63, 3.8) is 0 Å². The van der Waals surface area contributed by atoms with Crippen molar-refractivity contribution < 1.29 is 23.0 Å². The van der Waals surface area contributed by atoms with Crippen molar-refractivity contribution in [2.45, 2.75) is 127 Å². The van der Waals surface area contributed by atoms with E-state index in [9.17, 15) is 4.79 Å². The second kappa shape index (κ2) is 14.3. The Kier molecular flexibility index (Phi) is 10.1. The number of piperazine rings is 1. The Morgan fingerprint density at radius 2 is 1.69 bits per heavy atom. The molecule has 12 heteroatoms. The molecule has 2 saturated heterocycles. The van der Waals surface area contributed by atoms with Crippen LogP contribution in [-0.2, 0) is 4.74 Å². The maximum absolute atomic E-state index is 17.4. The van der Waals surface area contributed by atoms with Crippen LogP contribution in [0.1, 0.15) is 87.1 Å². The zero-order valence-corrected chi connectivity index (χ0v) is 34.8. The highest BCUT2D eigenvalue weighted by atomic mass is 32.2. The van der Waals surface area contributed by atoms with Gasteiger partial charge in [-0.25, -0.2) is 28.5 Å². The van der Waals surface area contributed by atoms with E-state index < -0.39 is 25.3 Å². The molecule has 286 valence electrons. The summed E-state index contributed by atoms with van der Waals surface area (Å²) in [5, 5.41) is 2.07. The van der Waals surface area contributed by atoms with Gasteiger partial charge in [-0.15, -0.1) is 5.54 Å². The molecule has 3 aliphatic rings. The zero-order valence-electron chi connectivity index (χ0n) is 33.0. The number of nitrogens with zero attached hydrogens (tertiary/aromatic N) is 5. The summed E-state index contributed by atoms with van der Waals surface area (Å²) in [5.74, 6) is 3.05. The third-order valence-corrected chi connectivity index (χ3v) is 18.6. The average Bonchev–Trinajstić information content (AvgIpc) is 3.43. The van der Waals surface area contributed by atoms with Crippen LogP contribution in [-0.4, -0.2) is 77.2 Å². The zero-order chi connectivity index (χ0) is 38.9. The summed E-state index contributed by atoms with van der Waals surface area (Å²) in [4.78, 5) is 32.2. The van der Waals surface area contributed by atoms with Crippen molar-refractivity contribution in [3.05, 3.63) is 47.5 Å². The molecule has 0 N–H and O–H groups in total. The number of pyridine rings is 1. The third kappa shape index (κ3) is 6.39. The van der Waals surface area contributed by atoms with Crippen LogP contribution in [0.3, 0.4) is 0 Å². The Morgan fingerprint density at radius 1 is 0.963 bits per heavy atom. The number of amides is 1. The topological polar surface area (TPSA) is 80.7 Å². The number of aromatic nitrogens is 3. The minimum atomic E-state index is -2.23. The number of carbonyl (C=O) groups is 1. The predicted molar refractivity (Wildman–Crippen MR) is 216 cm³/mol. The second-order valence-corrected chi connectivity index (χ2v) is 23.2. The standard InChI is InChI=1S/C42H51F2N5O3SSi/c1-23(2)54(24(3)4,25(5)6)21-19-28-30(43)16-14-26-12-11-13-29(33(26)28)36-35(44)37-34-38(47-40(46-37)53-10)48-22-27-15-17-32(31(48)18-20-51-39(34)45-36)49(27)41(50)52-42(7,8)9/h11-14,16,23-25,27,31-32H,15,17-18,20,22H2,1-10H3/t27-,31-,32+/m1/s1. The molecule has 5 heterocycles. The largest absolute Gasteiger partial charge is 0.477 e. The third-order valence-electron chi connectivity index (χ3n) is 11.7. The highest BCUT2D eigenvalue weighted by Crippen LogP contribution is 2.46. The Bertz CT molecular complexity index is 2170. The molecule has 3 atom stereocenters. The van der Waals surface area contributed by atoms with Crippen molar-refractivity contribution in [3.8, 4) is 28.6 Å². The summed E-state index contributed by atoms with van der Waals surface area (Å²) in [6, 6.07) is 8.34. The smallest absolute Gasteiger partial charge is 0.410 e. The van der Waals surface area contributed by atoms with Crippen LogP contribution in [0.4, 0.5) is 19.4 Å². The molecule has 2 bridgehead atoms. The van der Waals surface area contributed by atoms with E-state index in [2.05, 4.69) is 57.9 Å². The van der Waals surface area contributed by atoms with Crippen molar-refractivity contribution >= 4 is 53.4 Å². The number of fused-ring (bicyclic) bond motifs is 6. The number of carbonyl (C=O) groups excluding carboxylic acids is 1. The lowest BCUT2D eigenvalue weighted by atomic mass is 9.96. The van der Waals surface area contributed by atoms with E-state index >= 15 is 8.78 Å². The Labute approximate surface area is 322 Å². The van der Waals surface area contributed by atoms with Gasteiger partial charge in [0.25, 0.3) is 0 Å². The summed E-state index contributed by atoms with van der Waals surface area (Å²) < 4.78 is 45.7. The molecule has 4 aromatic rings. The molecule has 8 nitrogen and oxygen atoms in total. The molecule has 0 saturated carbocycles. The second-order valence-electron chi connectivity index (χ2n) is 16.9. The molecular weight excluding hydrogens is 721 g/mol. The van der Waals surface area contributed by atoms with Gasteiger partial charge in [-0.3, -0.25) is 4.90 Å². The summed E-state index contributed by atoms with van der Waals surface area (Å²) in [7, 11) is -2.23. The van der Waals surface area contributed by atoms with Crippen LogP contribution in [0.15, 0.2) is 35.5 Å². The summed E-state index contributed by atoms with van der Waals surface area (Å²) in [6.45, 7) is 19.8. The molecule has 2 fully saturated rings. The molecule has 2 aromatic carbocycles. The molecule has 2 aromatic heterocycles. The number of rotatable bonds is 5. The summed E-state index contributed by atoms with van der Waals surface area (Å²) >= 11 is 1.33. The van der Waals surface area contributed by atoms with Crippen LogP contribution in [0.25, 0.3) is 32.9 Å². The van der Waals surface area contributed by atoms with Gasteiger partial charge in [0.05, 0.1) is 30.3 Å². The predicted octanol–water partition coefficient (Wildman–Crippen LogP) is 10.2. The lowest BCUT2D eigenvalue weighted by Gasteiger charge is -2.48. The Morgan fingerprint density at radius 3 is 2.35 bits per heavy atom. The quantitative estimate of drug-likeness (QED) is 0.0859. The minimum Gasteiger partial charge on any atom is -0.477 e. The number of anilines is 1. The van der Waals surface area contributed by atoms with E-state index in [1.165, 1.54) is 17.8 Å². The van der Waals surface area contributed by atoms with Crippen molar-refractivity contribution in [1.29, 1.82) is 0 Å². The first-order valence-corrected chi connectivity index (χ1v) is 22.6. The lowest BCUT2D eigenvalue weighted by molar-refractivity contribution is 0.00637. The average molecular weight is 772 g/mol. The SMILES string of the molecule is CSc1nc2c3c(nc(-c4cccc5ccc(F)c(C#C[Si](C(C)C)(C(C)C)C(C)C)c45)c(F)c3n1)OCC[C@@H]1[C@@H]3CC[C@H](CN21)N3C(=O)OC(C)(C)C. The van der Waals surface area contributed by atoms with E-state index in [4.69, 9.17) is 24.4 Å². The van der Waals surface area contributed by atoms with E-state index in [-0.39, 0.29) is 53.5 Å². The summed E-state index contributed by atoms with van der Waals surface area (Å²) in [5.41, 5.74) is 4.94. The summed E-state index contributed by atoms with van der Waals surface area (Å²) in [6.07, 6.45) is 3.80. The molecule has 3 aliphatic heterocycles. The molecule has 0 unspecified atom stereocenters. The van der Waals surface area contributed by atoms with Gasteiger partial charge in [0.2, 0.25) is 5.88 Å². The van der Waals surface area contributed by atoms with Gasteiger partial charge in [0.1, 0.15) is 41.9 Å². The highest BCUT2D eigenvalue weighted by Gasteiger charge is 2.51. The highest BCUT2D eigenvalue weighted by molar-refractivity contribution is 7.98.